The highest BCUT2D eigenvalue weighted by Gasteiger charge is 2.14. The van der Waals surface area contributed by atoms with Gasteiger partial charge in [0.1, 0.15) is 5.69 Å². The molecule has 0 spiro atoms. The molecule has 1 aromatic carbocycles. The zero-order valence-corrected chi connectivity index (χ0v) is 13.5. The van der Waals surface area contributed by atoms with Crippen molar-refractivity contribution in [1.29, 1.82) is 0 Å². The molecule has 1 aliphatic heterocycles. The lowest BCUT2D eigenvalue weighted by molar-refractivity contribution is -0.120. The molecule has 1 aromatic heterocycles. The Morgan fingerprint density at radius 3 is 2.75 bits per heavy atom. The first-order valence-corrected chi connectivity index (χ1v) is 7.47. The van der Waals surface area contributed by atoms with Gasteiger partial charge in [-0.1, -0.05) is 6.07 Å². The minimum absolute atomic E-state index is 0.112. The SMILES string of the molecule is Cc1cc(C(=O)NCC(=O)NCc2ccc3c(c2)OCO3)nn1C. The Morgan fingerprint density at radius 1 is 1.21 bits per heavy atom. The van der Waals surface area contributed by atoms with Gasteiger partial charge >= 0.3 is 0 Å². The van der Waals surface area contributed by atoms with Gasteiger partial charge in [-0.15, -0.1) is 0 Å². The van der Waals surface area contributed by atoms with Crippen LogP contribution in [0.1, 0.15) is 21.7 Å². The van der Waals surface area contributed by atoms with Crippen LogP contribution in [0.25, 0.3) is 0 Å². The van der Waals surface area contributed by atoms with Crippen LogP contribution in [0, 0.1) is 6.92 Å². The minimum atomic E-state index is -0.378. The van der Waals surface area contributed by atoms with Crippen LogP contribution < -0.4 is 20.1 Å². The Labute approximate surface area is 138 Å². The number of carbonyl (C=O) groups excluding carboxylic acids is 2. The van der Waals surface area contributed by atoms with Gasteiger partial charge in [-0.3, -0.25) is 14.3 Å². The summed E-state index contributed by atoms with van der Waals surface area (Å²) >= 11 is 0. The van der Waals surface area contributed by atoms with Gasteiger partial charge < -0.3 is 20.1 Å². The topological polar surface area (TPSA) is 94.5 Å². The van der Waals surface area contributed by atoms with Crippen LogP contribution in [0.5, 0.6) is 11.5 Å². The van der Waals surface area contributed by atoms with Gasteiger partial charge in [-0.2, -0.15) is 5.10 Å². The van der Waals surface area contributed by atoms with Crippen LogP contribution in [0.2, 0.25) is 0 Å². The van der Waals surface area contributed by atoms with E-state index in [0.717, 1.165) is 11.3 Å². The first-order valence-electron chi connectivity index (χ1n) is 7.47. The van der Waals surface area contributed by atoms with Crippen LogP contribution in [0.3, 0.4) is 0 Å². The number of nitrogens with one attached hydrogen (secondary N) is 2. The van der Waals surface area contributed by atoms with Crippen molar-refractivity contribution in [2.75, 3.05) is 13.3 Å². The Bertz CT molecular complexity index is 765. The van der Waals surface area contributed by atoms with Crippen molar-refractivity contribution in [2.24, 2.45) is 7.05 Å². The van der Waals surface area contributed by atoms with Crippen LogP contribution >= 0.6 is 0 Å². The highest BCUT2D eigenvalue weighted by Crippen LogP contribution is 2.32. The van der Waals surface area contributed by atoms with Crippen molar-refractivity contribution in [2.45, 2.75) is 13.5 Å². The van der Waals surface area contributed by atoms with E-state index < -0.39 is 0 Å². The summed E-state index contributed by atoms with van der Waals surface area (Å²) in [7, 11) is 1.75. The molecule has 8 heteroatoms. The van der Waals surface area contributed by atoms with E-state index in [2.05, 4.69) is 15.7 Å². The molecule has 2 N–H and O–H groups in total. The van der Waals surface area contributed by atoms with E-state index in [1.807, 2.05) is 19.1 Å². The van der Waals surface area contributed by atoms with E-state index in [4.69, 9.17) is 9.47 Å². The number of carbonyl (C=O) groups is 2. The summed E-state index contributed by atoms with van der Waals surface area (Å²) in [5.41, 5.74) is 2.05. The molecule has 0 saturated heterocycles. The maximum Gasteiger partial charge on any atom is 0.272 e. The monoisotopic (exact) mass is 330 g/mol. The number of fused-ring (bicyclic) bond motifs is 1. The summed E-state index contributed by atoms with van der Waals surface area (Å²) in [6.45, 7) is 2.29. The lowest BCUT2D eigenvalue weighted by Crippen LogP contribution is -2.36. The van der Waals surface area contributed by atoms with Gasteiger partial charge in [-0.25, -0.2) is 0 Å². The van der Waals surface area contributed by atoms with Crippen molar-refractivity contribution in [3.8, 4) is 11.5 Å². The molecular formula is C16H18N4O4. The highest BCUT2D eigenvalue weighted by molar-refractivity contribution is 5.94. The Kier molecular flexibility index (Phi) is 4.37. The molecule has 0 radical (unpaired) electrons. The number of amides is 2. The van der Waals surface area contributed by atoms with Crippen molar-refractivity contribution in [3.05, 3.63) is 41.2 Å². The lowest BCUT2D eigenvalue weighted by atomic mass is 10.2. The molecular weight excluding hydrogens is 312 g/mol. The van der Waals surface area contributed by atoms with Crippen LogP contribution in [-0.4, -0.2) is 34.9 Å². The number of aromatic nitrogens is 2. The third-order valence-corrected chi connectivity index (χ3v) is 3.68. The summed E-state index contributed by atoms with van der Waals surface area (Å²) in [5, 5.41) is 9.35. The zero-order valence-electron chi connectivity index (χ0n) is 13.5. The molecule has 0 fully saturated rings. The van der Waals surface area contributed by atoms with Gasteiger partial charge in [0.2, 0.25) is 12.7 Å². The highest BCUT2D eigenvalue weighted by atomic mass is 16.7. The second kappa shape index (κ2) is 6.61. The van der Waals surface area contributed by atoms with E-state index in [0.29, 0.717) is 23.7 Å². The Balaban J connectivity index is 1.46. The standard InChI is InChI=1S/C16H18N4O4/c1-10-5-12(19-20(10)2)16(22)18-8-15(21)17-7-11-3-4-13-14(6-11)24-9-23-13/h3-6H,7-9H2,1-2H3,(H,17,21)(H,18,22). The molecule has 2 aromatic rings. The first kappa shape index (κ1) is 15.9. The molecule has 3 rings (SSSR count). The average Bonchev–Trinajstić information content (AvgIpc) is 3.17. The molecule has 0 bridgehead atoms. The lowest BCUT2D eigenvalue weighted by Gasteiger charge is -2.07. The molecule has 126 valence electrons. The normalized spacial score (nSPS) is 12.1. The first-order chi connectivity index (χ1) is 11.5. The Hall–Kier alpha value is -3.03. The largest absolute Gasteiger partial charge is 0.454 e. The maximum atomic E-state index is 11.9. The molecule has 0 saturated carbocycles. The number of aryl methyl sites for hydroxylation is 2. The molecule has 0 atom stereocenters. The summed E-state index contributed by atoms with van der Waals surface area (Å²) in [6, 6.07) is 7.13. The molecule has 1 aliphatic rings. The summed E-state index contributed by atoms with van der Waals surface area (Å²) in [6.07, 6.45) is 0. The average molecular weight is 330 g/mol. The van der Waals surface area contributed by atoms with Gasteiger partial charge in [0.05, 0.1) is 6.54 Å². The fourth-order valence-electron chi connectivity index (χ4n) is 2.24. The predicted octanol–water partition coefficient (Wildman–Crippen LogP) is 0.503. The summed E-state index contributed by atoms with van der Waals surface area (Å²) < 4.78 is 12.1. The van der Waals surface area contributed by atoms with Crippen LogP contribution in [-0.2, 0) is 18.4 Å². The molecule has 0 unspecified atom stereocenters. The van der Waals surface area contributed by atoms with Crippen molar-refractivity contribution >= 4 is 11.8 Å². The second-order valence-electron chi connectivity index (χ2n) is 5.44. The van der Waals surface area contributed by atoms with Gasteiger partial charge in [0.15, 0.2) is 11.5 Å². The number of hydrogen-bond donors (Lipinski definition) is 2. The van der Waals surface area contributed by atoms with Gasteiger partial charge in [-0.05, 0) is 30.7 Å². The minimum Gasteiger partial charge on any atom is -0.454 e. The van der Waals surface area contributed by atoms with Crippen molar-refractivity contribution in [1.82, 2.24) is 20.4 Å². The second-order valence-corrected chi connectivity index (χ2v) is 5.44. The van der Waals surface area contributed by atoms with Crippen LogP contribution in [0.4, 0.5) is 0 Å². The van der Waals surface area contributed by atoms with E-state index in [1.54, 1.807) is 23.9 Å². The third-order valence-electron chi connectivity index (χ3n) is 3.68. The van der Waals surface area contributed by atoms with E-state index in [9.17, 15) is 9.59 Å². The quantitative estimate of drug-likeness (QED) is 0.833. The number of ether oxygens (including phenoxy) is 2. The number of nitrogens with zero attached hydrogens (tertiary/aromatic N) is 2. The van der Waals surface area contributed by atoms with Gasteiger partial charge in [0.25, 0.3) is 5.91 Å². The molecule has 2 heterocycles. The van der Waals surface area contributed by atoms with E-state index in [-0.39, 0.29) is 25.2 Å². The van der Waals surface area contributed by atoms with Gasteiger partial charge in [0, 0.05) is 19.3 Å². The predicted molar refractivity (Wildman–Crippen MR) is 84.7 cm³/mol. The van der Waals surface area contributed by atoms with Crippen molar-refractivity contribution < 1.29 is 19.1 Å². The van der Waals surface area contributed by atoms with E-state index >= 15 is 0 Å². The zero-order chi connectivity index (χ0) is 17.1. The molecule has 2 amide bonds. The molecule has 8 nitrogen and oxygen atoms in total. The smallest absolute Gasteiger partial charge is 0.272 e. The fraction of sp³-hybridized carbons (Fsp3) is 0.312. The maximum absolute atomic E-state index is 11.9. The number of benzene rings is 1. The number of hydrogen-bond acceptors (Lipinski definition) is 5. The molecule has 24 heavy (non-hydrogen) atoms. The molecule has 0 aliphatic carbocycles. The third kappa shape index (κ3) is 3.48. The number of rotatable bonds is 5. The van der Waals surface area contributed by atoms with E-state index in [1.165, 1.54) is 0 Å². The van der Waals surface area contributed by atoms with Crippen molar-refractivity contribution in [3.63, 3.8) is 0 Å². The summed E-state index contributed by atoms with van der Waals surface area (Å²) in [4.78, 5) is 23.8. The Morgan fingerprint density at radius 2 is 2.00 bits per heavy atom. The fourth-order valence-corrected chi connectivity index (χ4v) is 2.24. The summed E-state index contributed by atoms with van der Waals surface area (Å²) in [5.74, 6) is 0.703. The van der Waals surface area contributed by atoms with Crippen LogP contribution in [0.15, 0.2) is 24.3 Å².